The minimum atomic E-state index is -0.648. The summed E-state index contributed by atoms with van der Waals surface area (Å²) < 4.78 is 10.4. The van der Waals surface area contributed by atoms with E-state index in [4.69, 9.17) is 32.7 Å². The number of hydrogen-bond acceptors (Lipinski definition) is 4. The number of alkyl carbamates (subject to hydrolysis) is 1. The summed E-state index contributed by atoms with van der Waals surface area (Å²) in [6, 6.07) is 4.35. The second-order valence-corrected chi connectivity index (χ2v) is 6.50. The lowest BCUT2D eigenvalue weighted by atomic mass is 10.0. The fourth-order valence-electron chi connectivity index (χ4n) is 2.00. The number of carbonyl (C=O) groups excluding carboxylic acids is 2. The van der Waals surface area contributed by atoms with Gasteiger partial charge in [-0.05, 0) is 37.5 Å². The van der Waals surface area contributed by atoms with Crippen LogP contribution < -0.4 is 15.4 Å². The smallest absolute Gasteiger partial charge is 0.407 e. The van der Waals surface area contributed by atoms with Gasteiger partial charge in [-0.1, -0.05) is 37.0 Å². The Bertz CT molecular complexity index is 582. The van der Waals surface area contributed by atoms with Crippen molar-refractivity contribution < 1.29 is 19.1 Å². The summed E-state index contributed by atoms with van der Waals surface area (Å²) in [6.07, 6.45) is -0.00776. The third kappa shape index (κ3) is 7.84. The molecule has 0 aromatic heterocycles. The van der Waals surface area contributed by atoms with E-state index < -0.39 is 12.1 Å². The Labute approximate surface area is 158 Å². The van der Waals surface area contributed by atoms with E-state index in [2.05, 4.69) is 10.6 Å². The van der Waals surface area contributed by atoms with Crippen LogP contribution in [-0.2, 0) is 9.53 Å². The molecule has 2 amide bonds. The Balaban J connectivity index is 2.35. The fraction of sp³-hybridized carbons (Fsp3) is 0.529. The zero-order valence-electron chi connectivity index (χ0n) is 14.6. The van der Waals surface area contributed by atoms with Gasteiger partial charge in [-0.15, -0.1) is 0 Å². The lowest BCUT2D eigenvalue weighted by molar-refractivity contribution is -0.124. The molecule has 0 aliphatic heterocycles. The predicted molar refractivity (Wildman–Crippen MR) is 98.4 cm³/mol. The summed E-state index contributed by atoms with van der Waals surface area (Å²) >= 11 is 11.8. The summed E-state index contributed by atoms with van der Waals surface area (Å²) in [5.74, 6) is 0.225. The van der Waals surface area contributed by atoms with Gasteiger partial charge in [0.25, 0.3) is 0 Å². The maximum absolute atomic E-state index is 12.2. The highest BCUT2D eigenvalue weighted by molar-refractivity contribution is 6.35. The molecule has 0 bridgehead atoms. The van der Waals surface area contributed by atoms with Gasteiger partial charge in [-0.25, -0.2) is 4.79 Å². The molecule has 0 spiro atoms. The predicted octanol–water partition coefficient (Wildman–Crippen LogP) is 3.65. The van der Waals surface area contributed by atoms with Crippen LogP contribution in [0.2, 0.25) is 10.0 Å². The lowest BCUT2D eigenvalue weighted by Gasteiger charge is -2.21. The van der Waals surface area contributed by atoms with Crippen LogP contribution in [0.4, 0.5) is 4.79 Å². The van der Waals surface area contributed by atoms with Gasteiger partial charge in [0, 0.05) is 11.6 Å². The van der Waals surface area contributed by atoms with Crippen molar-refractivity contribution in [2.45, 2.75) is 33.2 Å². The SMILES string of the molecule is CCOC(=O)NC(C(=O)NCCCOc1ccc(Cl)cc1Cl)C(C)C. The first-order chi connectivity index (χ1) is 11.8. The molecule has 0 fully saturated rings. The Morgan fingerprint density at radius 2 is 1.96 bits per heavy atom. The van der Waals surface area contributed by atoms with Crippen LogP contribution in [0.3, 0.4) is 0 Å². The normalized spacial score (nSPS) is 11.8. The molecule has 1 aromatic rings. The molecule has 6 nitrogen and oxygen atoms in total. The molecule has 0 heterocycles. The summed E-state index contributed by atoms with van der Waals surface area (Å²) in [6.45, 7) is 6.46. The highest BCUT2D eigenvalue weighted by Crippen LogP contribution is 2.27. The first-order valence-corrected chi connectivity index (χ1v) is 8.89. The minimum absolute atomic E-state index is 0.0615. The van der Waals surface area contributed by atoms with Gasteiger partial charge in [-0.2, -0.15) is 0 Å². The van der Waals surface area contributed by atoms with E-state index in [1.54, 1.807) is 25.1 Å². The summed E-state index contributed by atoms with van der Waals surface area (Å²) in [5.41, 5.74) is 0. The zero-order chi connectivity index (χ0) is 18.8. The van der Waals surface area contributed by atoms with Gasteiger partial charge < -0.3 is 20.1 Å². The third-order valence-electron chi connectivity index (χ3n) is 3.27. The quantitative estimate of drug-likeness (QED) is 0.630. The standard InChI is InChI=1S/C17H24Cl2N2O4/c1-4-24-17(23)21-15(11(2)3)16(22)20-8-5-9-25-14-7-6-12(18)10-13(14)19/h6-7,10-11,15H,4-5,8-9H2,1-3H3,(H,20,22)(H,21,23). The van der Waals surface area contributed by atoms with Crippen molar-refractivity contribution in [2.75, 3.05) is 19.8 Å². The molecule has 1 aromatic carbocycles. The average molecular weight is 391 g/mol. The van der Waals surface area contributed by atoms with E-state index in [9.17, 15) is 9.59 Å². The van der Waals surface area contributed by atoms with Gasteiger partial charge >= 0.3 is 6.09 Å². The van der Waals surface area contributed by atoms with E-state index in [1.165, 1.54) is 0 Å². The Morgan fingerprint density at radius 3 is 2.56 bits per heavy atom. The molecule has 0 aliphatic rings. The molecule has 0 saturated carbocycles. The van der Waals surface area contributed by atoms with E-state index >= 15 is 0 Å². The first kappa shape index (κ1) is 21.4. The van der Waals surface area contributed by atoms with Gasteiger partial charge in [0.05, 0.1) is 18.2 Å². The summed E-state index contributed by atoms with van der Waals surface area (Å²) in [4.78, 5) is 23.7. The number of rotatable bonds is 9. The zero-order valence-corrected chi connectivity index (χ0v) is 16.1. The van der Waals surface area contributed by atoms with Gasteiger partial charge in [0.2, 0.25) is 5.91 Å². The van der Waals surface area contributed by atoms with E-state index in [1.807, 2.05) is 13.8 Å². The molecule has 2 N–H and O–H groups in total. The maximum Gasteiger partial charge on any atom is 0.407 e. The topological polar surface area (TPSA) is 76.7 Å². The summed E-state index contributed by atoms with van der Waals surface area (Å²) in [7, 11) is 0. The number of benzene rings is 1. The van der Waals surface area contributed by atoms with Crippen molar-refractivity contribution in [1.29, 1.82) is 0 Å². The average Bonchev–Trinajstić information content (AvgIpc) is 2.54. The summed E-state index contributed by atoms with van der Waals surface area (Å²) in [5, 5.41) is 6.32. The molecule has 1 atom stereocenters. The first-order valence-electron chi connectivity index (χ1n) is 8.14. The second kappa shape index (κ2) is 11.1. The molecule has 1 unspecified atom stereocenters. The van der Waals surface area contributed by atoms with Crippen LogP contribution in [0, 0.1) is 5.92 Å². The van der Waals surface area contributed by atoms with Crippen LogP contribution in [0.15, 0.2) is 18.2 Å². The molecule has 0 saturated heterocycles. The molecule has 0 aliphatic carbocycles. The van der Waals surface area contributed by atoms with Crippen LogP contribution in [-0.4, -0.2) is 37.8 Å². The highest BCUT2D eigenvalue weighted by Gasteiger charge is 2.24. The number of halogens is 2. The molecular formula is C17H24Cl2N2O4. The molecule has 8 heteroatoms. The molecule has 1 rings (SSSR count). The minimum Gasteiger partial charge on any atom is -0.492 e. The number of ether oxygens (including phenoxy) is 2. The van der Waals surface area contributed by atoms with Gasteiger partial charge in [0.1, 0.15) is 11.8 Å². The van der Waals surface area contributed by atoms with Crippen molar-refractivity contribution >= 4 is 35.2 Å². The number of carbonyl (C=O) groups is 2. The van der Waals surface area contributed by atoms with Crippen molar-refractivity contribution in [3.8, 4) is 5.75 Å². The Morgan fingerprint density at radius 1 is 1.24 bits per heavy atom. The van der Waals surface area contributed by atoms with Crippen molar-refractivity contribution in [3.05, 3.63) is 28.2 Å². The molecule has 140 valence electrons. The van der Waals surface area contributed by atoms with Crippen LogP contribution in [0.25, 0.3) is 0 Å². The van der Waals surface area contributed by atoms with Gasteiger partial charge in [-0.3, -0.25) is 4.79 Å². The number of amides is 2. The van der Waals surface area contributed by atoms with Crippen LogP contribution in [0.5, 0.6) is 5.75 Å². The van der Waals surface area contributed by atoms with Crippen molar-refractivity contribution in [3.63, 3.8) is 0 Å². The molecular weight excluding hydrogens is 367 g/mol. The Kier molecular flexibility index (Phi) is 9.45. The van der Waals surface area contributed by atoms with Crippen molar-refractivity contribution in [1.82, 2.24) is 10.6 Å². The fourth-order valence-corrected chi connectivity index (χ4v) is 2.47. The molecule has 0 radical (unpaired) electrons. The van der Waals surface area contributed by atoms with E-state index in [-0.39, 0.29) is 18.4 Å². The van der Waals surface area contributed by atoms with E-state index in [0.717, 1.165) is 0 Å². The molecule has 25 heavy (non-hydrogen) atoms. The van der Waals surface area contributed by atoms with E-state index in [0.29, 0.717) is 35.4 Å². The lowest BCUT2D eigenvalue weighted by Crippen LogP contribution is -2.50. The van der Waals surface area contributed by atoms with Crippen LogP contribution in [0.1, 0.15) is 27.2 Å². The largest absolute Gasteiger partial charge is 0.492 e. The Hall–Kier alpha value is -1.66. The third-order valence-corrected chi connectivity index (χ3v) is 3.80. The number of nitrogens with one attached hydrogen (secondary N) is 2. The van der Waals surface area contributed by atoms with Gasteiger partial charge in [0.15, 0.2) is 0 Å². The van der Waals surface area contributed by atoms with Crippen molar-refractivity contribution in [2.24, 2.45) is 5.92 Å². The van der Waals surface area contributed by atoms with Crippen LogP contribution >= 0.6 is 23.2 Å². The second-order valence-electron chi connectivity index (χ2n) is 5.65. The highest BCUT2D eigenvalue weighted by atomic mass is 35.5. The monoisotopic (exact) mass is 390 g/mol. The number of hydrogen-bond donors (Lipinski definition) is 2. The maximum atomic E-state index is 12.2.